The van der Waals surface area contributed by atoms with Crippen molar-refractivity contribution in [3.8, 4) is 0 Å². The van der Waals surface area contributed by atoms with Crippen LogP contribution in [-0.2, 0) is 14.8 Å². The van der Waals surface area contributed by atoms with E-state index in [1.54, 1.807) is 29.2 Å². The van der Waals surface area contributed by atoms with Crippen molar-refractivity contribution in [3.05, 3.63) is 53.3 Å². The average molecular weight is 410 g/mol. The van der Waals surface area contributed by atoms with Gasteiger partial charge in [-0.3, -0.25) is 9.52 Å². The molecule has 0 saturated carbocycles. The number of para-hydroxylation sites is 1. The molecule has 0 radical (unpaired) electrons. The number of rotatable bonds is 4. The Balaban J connectivity index is 1.90. The van der Waals surface area contributed by atoms with Gasteiger partial charge in [-0.1, -0.05) is 23.7 Å². The Morgan fingerprint density at radius 1 is 1.19 bits per heavy atom. The first-order chi connectivity index (χ1) is 12.8. The number of pyridine rings is 1. The van der Waals surface area contributed by atoms with E-state index < -0.39 is 10.0 Å². The van der Waals surface area contributed by atoms with Crippen LogP contribution in [0.15, 0.2) is 47.5 Å². The summed E-state index contributed by atoms with van der Waals surface area (Å²) in [7, 11) is -3.99. The van der Waals surface area contributed by atoms with Gasteiger partial charge in [-0.2, -0.15) is 0 Å². The molecule has 2 unspecified atom stereocenters. The lowest BCUT2D eigenvalue weighted by Crippen LogP contribution is -2.48. The summed E-state index contributed by atoms with van der Waals surface area (Å²) in [5.74, 6) is -0.257. The van der Waals surface area contributed by atoms with E-state index in [-0.39, 0.29) is 39.4 Å². The van der Waals surface area contributed by atoms with Crippen LogP contribution in [0.4, 0.5) is 5.69 Å². The van der Waals surface area contributed by atoms with Crippen LogP contribution >= 0.6 is 11.6 Å². The Hall–Kier alpha value is -2.16. The van der Waals surface area contributed by atoms with E-state index in [4.69, 9.17) is 16.3 Å². The smallest absolute Gasteiger partial charge is 0.264 e. The van der Waals surface area contributed by atoms with Crippen molar-refractivity contribution < 1.29 is 17.9 Å². The molecule has 2 atom stereocenters. The third-order valence-electron chi connectivity index (χ3n) is 4.12. The van der Waals surface area contributed by atoms with E-state index in [1.165, 1.54) is 18.3 Å². The number of anilines is 1. The Morgan fingerprint density at radius 2 is 1.85 bits per heavy atom. The predicted molar refractivity (Wildman–Crippen MR) is 102 cm³/mol. The molecule has 1 aromatic heterocycles. The Kier molecular flexibility index (Phi) is 5.69. The first-order valence-electron chi connectivity index (χ1n) is 8.45. The van der Waals surface area contributed by atoms with Crippen LogP contribution in [-0.4, -0.2) is 49.5 Å². The summed E-state index contributed by atoms with van der Waals surface area (Å²) in [5, 5.41) is -0.135. The standard InChI is InChI=1S/C18H20ClN3O4S/c1-12-10-22(11-13(2)26-12)18(23)14-6-3-4-7-15(14)21-27(24,25)16-8-5-9-20-17(16)19/h3-9,12-13,21H,10-11H2,1-2H3. The SMILES string of the molecule is CC1CN(C(=O)c2ccccc2NS(=O)(=O)c2cccnc2Cl)CC(C)O1. The molecule has 1 fully saturated rings. The number of halogens is 1. The number of nitrogens with zero attached hydrogens (tertiary/aromatic N) is 2. The minimum absolute atomic E-state index is 0.0873. The fourth-order valence-electron chi connectivity index (χ4n) is 3.04. The van der Waals surface area contributed by atoms with Gasteiger partial charge >= 0.3 is 0 Å². The van der Waals surface area contributed by atoms with Crippen molar-refractivity contribution in [2.45, 2.75) is 31.0 Å². The van der Waals surface area contributed by atoms with Gasteiger partial charge in [0.2, 0.25) is 0 Å². The number of amides is 1. The Morgan fingerprint density at radius 3 is 2.52 bits per heavy atom. The summed E-state index contributed by atoms with van der Waals surface area (Å²) in [6.07, 6.45) is 1.23. The van der Waals surface area contributed by atoms with Crippen LogP contribution in [0.2, 0.25) is 5.15 Å². The lowest BCUT2D eigenvalue weighted by Gasteiger charge is -2.35. The lowest BCUT2D eigenvalue weighted by atomic mass is 10.1. The van der Waals surface area contributed by atoms with Crippen LogP contribution in [0.3, 0.4) is 0 Å². The summed E-state index contributed by atoms with van der Waals surface area (Å²) < 4.78 is 33.5. The molecule has 0 bridgehead atoms. The zero-order chi connectivity index (χ0) is 19.6. The molecule has 1 aliphatic rings. The molecule has 1 amide bonds. The molecule has 1 aromatic carbocycles. The fraction of sp³-hybridized carbons (Fsp3) is 0.333. The summed E-state index contributed by atoms with van der Waals surface area (Å²) in [5.41, 5.74) is 0.455. The normalized spacial score (nSPS) is 20.3. The molecule has 9 heteroatoms. The van der Waals surface area contributed by atoms with Crippen molar-refractivity contribution >= 4 is 33.2 Å². The van der Waals surface area contributed by atoms with Gasteiger partial charge in [-0.25, -0.2) is 13.4 Å². The van der Waals surface area contributed by atoms with Crippen LogP contribution in [0.25, 0.3) is 0 Å². The molecule has 1 saturated heterocycles. The number of aromatic nitrogens is 1. The van der Waals surface area contributed by atoms with Gasteiger partial charge in [0.05, 0.1) is 23.5 Å². The van der Waals surface area contributed by atoms with Gasteiger partial charge in [-0.05, 0) is 38.1 Å². The number of hydrogen-bond acceptors (Lipinski definition) is 5. The highest BCUT2D eigenvalue weighted by Gasteiger charge is 2.29. The second-order valence-electron chi connectivity index (χ2n) is 6.41. The van der Waals surface area contributed by atoms with E-state index in [0.717, 1.165) is 0 Å². The number of hydrogen-bond donors (Lipinski definition) is 1. The average Bonchev–Trinajstić information content (AvgIpc) is 2.60. The van der Waals surface area contributed by atoms with E-state index in [1.807, 2.05) is 13.8 Å². The number of benzene rings is 1. The summed E-state index contributed by atoms with van der Waals surface area (Å²) in [4.78, 5) is 18.3. The van der Waals surface area contributed by atoms with Crippen molar-refractivity contribution in [1.82, 2.24) is 9.88 Å². The van der Waals surface area contributed by atoms with Gasteiger partial charge in [0.1, 0.15) is 10.0 Å². The van der Waals surface area contributed by atoms with Crippen molar-refractivity contribution in [1.29, 1.82) is 0 Å². The van der Waals surface area contributed by atoms with E-state index >= 15 is 0 Å². The van der Waals surface area contributed by atoms with E-state index in [0.29, 0.717) is 13.1 Å². The quantitative estimate of drug-likeness (QED) is 0.784. The highest BCUT2D eigenvalue weighted by atomic mass is 35.5. The van der Waals surface area contributed by atoms with Gasteiger partial charge in [0, 0.05) is 19.3 Å². The third kappa shape index (κ3) is 4.40. The topological polar surface area (TPSA) is 88.6 Å². The Bertz CT molecular complexity index is 941. The van der Waals surface area contributed by atoms with E-state index in [2.05, 4.69) is 9.71 Å². The second kappa shape index (κ2) is 7.84. The molecule has 3 rings (SSSR count). The molecule has 2 heterocycles. The summed E-state index contributed by atoms with van der Waals surface area (Å²) in [6, 6.07) is 9.32. The molecule has 1 aliphatic heterocycles. The van der Waals surface area contributed by atoms with Crippen LogP contribution < -0.4 is 4.72 Å². The van der Waals surface area contributed by atoms with Crippen molar-refractivity contribution in [3.63, 3.8) is 0 Å². The molecule has 2 aromatic rings. The number of ether oxygens (including phenoxy) is 1. The Labute approximate surface area is 163 Å². The largest absolute Gasteiger partial charge is 0.372 e. The monoisotopic (exact) mass is 409 g/mol. The molecule has 0 aliphatic carbocycles. The van der Waals surface area contributed by atoms with Crippen molar-refractivity contribution in [2.75, 3.05) is 17.8 Å². The maximum atomic E-state index is 13.0. The van der Waals surface area contributed by atoms with Gasteiger partial charge in [-0.15, -0.1) is 0 Å². The van der Waals surface area contributed by atoms with E-state index in [9.17, 15) is 13.2 Å². The number of sulfonamides is 1. The van der Waals surface area contributed by atoms with Crippen LogP contribution in [0, 0.1) is 0 Å². The highest BCUT2D eigenvalue weighted by molar-refractivity contribution is 7.92. The van der Waals surface area contributed by atoms with Gasteiger partial charge in [0.15, 0.2) is 0 Å². The minimum atomic E-state index is -3.99. The first-order valence-corrected chi connectivity index (χ1v) is 10.3. The zero-order valence-corrected chi connectivity index (χ0v) is 16.5. The number of morpholine rings is 1. The fourth-order valence-corrected chi connectivity index (χ4v) is 4.58. The second-order valence-corrected chi connectivity index (χ2v) is 8.42. The third-order valence-corrected chi connectivity index (χ3v) is 5.93. The molecule has 0 spiro atoms. The zero-order valence-electron chi connectivity index (χ0n) is 14.9. The molecule has 27 heavy (non-hydrogen) atoms. The van der Waals surface area contributed by atoms with Gasteiger partial charge < -0.3 is 9.64 Å². The number of carbonyl (C=O) groups excluding carboxylic acids is 1. The summed E-state index contributed by atoms with van der Waals surface area (Å²) in [6.45, 7) is 4.68. The molecular weight excluding hydrogens is 390 g/mol. The van der Waals surface area contributed by atoms with Crippen LogP contribution in [0.1, 0.15) is 24.2 Å². The number of carbonyl (C=O) groups is 1. The lowest BCUT2D eigenvalue weighted by molar-refractivity contribution is -0.0585. The van der Waals surface area contributed by atoms with Crippen LogP contribution in [0.5, 0.6) is 0 Å². The summed E-state index contributed by atoms with van der Waals surface area (Å²) >= 11 is 5.91. The highest BCUT2D eigenvalue weighted by Crippen LogP contribution is 2.25. The maximum absolute atomic E-state index is 13.0. The number of nitrogens with one attached hydrogen (secondary N) is 1. The molecule has 144 valence electrons. The first kappa shape index (κ1) is 19.6. The molecule has 7 nitrogen and oxygen atoms in total. The van der Waals surface area contributed by atoms with Crippen molar-refractivity contribution in [2.24, 2.45) is 0 Å². The minimum Gasteiger partial charge on any atom is -0.372 e. The predicted octanol–water partition coefficient (Wildman–Crippen LogP) is 2.79. The van der Waals surface area contributed by atoms with Gasteiger partial charge in [0.25, 0.3) is 15.9 Å². The molecular formula is C18H20ClN3O4S. The maximum Gasteiger partial charge on any atom is 0.264 e. The molecule has 1 N–H and O–H groups in total.